The van der Waals surface area contributed by atoms with Gasteiger partial charge in [0, 0.05) is 0 Å². The van der Waals surface area contributed by atoms with Crippen LogP contribution in [0, 0.1) is 11.7 Å². The van der Waals surface area contributed by atoms with E-state index in [0.717, 1.165) is 12.0 Å². The van der Waals surface area contributed by atoms with Gasteiger partial charge in [0.1, 0.15) is 11.9 Å². The van der Waals surface area contributed by atoms with Gasteiger partial charge in [0.25, 0.3) is 5.91 Å². The average Bonchev–Trinajstić information content (AvgIpc) is 2.43. The Bertz CT molecular complexity index is 567. The molecule has 1 aromatic rings. The van der Waals surface area contributed by atoms with Gasteiger partial charge < -0.3 is 10.4 Å². The highest BCUT2D eigenvalue weighted by molar-refractivity contribution is 5.97. The van der Waals surface area contributed by atoms with Crippen LogP contribution >= 0.6 is 0 Å². The van der Waals surface area contributed by atoms with E-state index in [0.29, 0.717) is 0 Å². The van der Waals surface area contributed by atoms with Crippen molar-refractivity contribution in [3.63, 3.8) is 0 Å². The smallest absolute Gasteiger partial charge is 0.326 e. The van der Waals surface area contributed by atoms with Crippen LogP contribution in [0.1, 0.15) is 57.0 Å². The van der Waals surface area contributed by atoms with Gasteiger partial charge in [0.15, 0.2) is 0 Å². The first-order valence-corrected chi connectivity index (χ1v) is 7.43. The minimum absolute atomic E-state index is 0.120. The molecular formula is C17H24FNO3. The Morgan fingerprint density at radius 3 is 2.36 bits per heavy atom. The van der Waals surface area contributed by atoms with Crippen LogP contribution in [0.15, 0.2) is 18.2 Å². The summed E-state index contributed by atoms with van der Waals surface area (Å²) in [6.07, 6.45) is 0.837. The molecule has 0 aromatic heterocycles. The Morgan fingerprint density at radius 2 is 1.91 bits per heavy atom. The molecular weight excluding hydrogens is 285 g/mol. The molecule has 0 bridgehead atoms. The van der Waals surface area contributed by atoms with E-state index in [1.54, 1.807) is 19.9 Å². The van der Waals surface area contributed by atoms with E-state index >= 15 is 0 Å². The van der Waals surface area contributed by atoms with Gasteiger partial charge in [-0.05, 0) is 35.4 Å². The SMILES string of the molecule is CCC(C)(C)c1ccc(F)c(C(=O)N[C@@H](C(=O)O)C(C)C)c1. The first kappa shape index (κ1) is 18.1. The first-order chi connectivity index (χ1) is 10.1. The minimum atomic E-state index is -1.13. The first-order valence-electron chi connectivity index (χ1n) is 7.43. The van der Waals surface area contributed by atoms with Crippen LogP contribution in [0.4, 0.5) is 4.39 Å². The Morgan fingerprint density at radius 1 is 1.32 bits per heavy atom. The molecule has 2 N–H and O–H groups in total. The largest absolute Gasteiger partial charge is 0.480 e. The summed E-state index contributed by atoms with van der Waals surface area (Å²) in [7, 11) is 0. The summed E-state index contributed by atoms with van der Waals surface area (Å²) in [6, 6.07) is 3.38. The summed E-state index contributed by atoms with van der Waals surface area (Å²) in [6.45, 7) is 9.41. The molecule has 122 valence electrons. The second-order valence-corrected chi connectivity index (χ2v) is 6.47. The number of halogens is 1. The third-order valence-corrected chi connectivity index (χ3v) is 4.10. The van der Waals surface area contributed by atoms with Crippen molar-refractivity contribution in [3.8, 4) is 0 Å². The highest BCUT2D eigenvalue weighted by atomic mass is 19.1. The molecule has 0 aliphatic rings. The van der Waals surface area contributed by atoms with Crippen LogP contribution in [0.3, 0.4) is 0 Å². The third-order valence-electron chi connectivity index (χ3n) is 4.10. The predicted octanol–water partition coefficient (Wildman–Crippen LogP) is 3.35. The van der Waals surface area contributed by atoms with Gasteiger partial charge in [-0.3, -0.25) is 4.79 Å². The molecule has 1 amide bonds. The summed E-state index contributed by atoms with van der Waals surface area (Å²) < 4.78 is 14.0. The number of aliphatic carboxylic acids is 1. The molecule has 0 fully saturated rings. The van der Waals surface area contributed by atoms with Gasteiger partial charge in [-0.15, -0.1) is 0 Å². The number of carboxylic acid groups (broad SMARTS) is 1. The molecule has 0 saturated carbocycles. The molecule has 0 radical (unpaired) electrons. The van der Waals surface area contributed by atoms with Gasteiger partial charge in [-0.25, -0.2) is 9.18 Å². The van der Waals surface area contributed by atoms with Crippen LogP contribution in [0.25, 0.3) is 0 Å². The van der Waals surface area contributed by atoms with Crippen LogP contribution in [0.5, 0.6) is 0 Å². The molecule has 1 rings (SSSR count). The van der Waals surface area contributed by atoms with Gasteiger partial charge in [-0.2, -0.15) is 0 Å². The predicted molar refractivity (Wildman–Crippen MR) is 83.4 cm³/mol. The van der Waals surface area contributed by atoms with Crippen LogP contribution < -0.4 is 5.32 Å². The summed E-state index contributed by atoms with van der Waals surface area (Å²) in [4.78, 5) is 23.4. The van der Waals surface area contributed by atoms with E-state index in [-0.39, 0.29) is 16.9 Å². The Hall–Kier alpha value is -1.91. The van der Waals surface area contributed by atoms with E-state index in [1.165, 1.54) is 12.1 Å². The van der Waals surface area contributed by atoms with Crippen LogP contribution in [0.2, 0.25) is 0 Å². The van der Waals surface area contributed by atoms with Crippen molar-refractivity contribution in [2.24, 2.45) is 5.92 Å². The Balaban J connectivity index is 3.12. The van der Waals surface area contributed by atoms with Gasteiger partial charge in [0.05, 0.1) is 5.56 Å². The molecule has 0 heterocycles. The van der Waals surface area contributed by atoms with E-state index in [4.69, 9.17) is 5.11 Å². The highest BCUT2D eigenvalue weighted by Crippen LogP contribution is 2.28. The number of carboxylic acids is 1. The summed E-state index contributed by atoms with van der Waals surface area (Å²) in [5.74, 6) is -2.78. The fourth-order valence-electron chi connectivity index (χ4n) is 2.06. The van der Waals surface area contributed by atoms with Crippen molar-refractivity contribution in [1.82, 2.24) is 5.32 Å². The monoisotopic (exact) mass is 309 g/mol. The molecule has 1 aromatic carbocycles. The number of amides is 1. The maximum Gasteiger partial charge on any atom is 0.326 e. The minimum Gasteiger partial charge on any atom is -0.480 e. The lowest BCUT2D eigenvalue weighted by Gasteiger charge is -2.24. The molecule has 0 aliphatic heterocycles. The Kier molecular flexibility index (Phi) is 5.69. The van der Waals surface area contributed by atoms with E-state index in [2.05, 4.69) is 5.32 Å². The number of rotatable bonds is 6. The van der Waals surface area contributed by atoms with E-state index in [1.807, 2.05) is 20.8 Å². The van der Waals surface area contributed by atoms with Crippen molar-refractivity contribution < 1.29 is 19.1 Å². The van der Waals surface area contributed by atoms with Gasteiger partial charge in [-0.1, -0.05) is 40.7 Å². The van der Waals surface area contributed by atoms with Crippen molar-refractivity contribution in [3.05, 3.63) is 35.1 Å². The molecule has 5 heteroatoms. The van der Waals surface area contributed by atoms with Crippen LogP contribution in [-0.2, 0) is 10.2 Å². The second-order valence-electron chi connectivity index (χ2n) is 6.47. The summed E-state index contributed by atoms with van der Waals surface area (Å²) in [5, 5.41) is 11.5. The molecule has 22 heavy (non-hydrogen) atoms. The van der Waals surface area contributed by atoms with Gasteiger partial charge >= 0.3 is 5.97 Å². The fourth-order valence-corrected chi connectivity index (χ4v) is 2.06. The lowest BCUT2D eigenvalue weighted by molar-refractivity contribution is -0.140. The maximum atomic E-state index is 14.0. The molecule has 4 nitrogen and oxygen atoms in total. The number of carbonyl (C=O) groups is 2. The fraction of sp³-hybridized carbons (Fsp3) is 0.529. The van der Waals surface area contributed by atoms with Crippen molar-refractivity contribution >= 4 is 11.9 Å². The zero-order valence-corrected chi connectivity index (χ0v) is 13.7. The summed E-state index contributed by atoms with van der Waals surface area (Å²) in [5.41, 5.74) is 0.538. The number of carbonyl (C=O) groups excluding carboxylic acids is 1. The van der Waals surface area contributed by atoms with E-state index in [9.17, 15) is 14.0 Å². The van der Waals surface area contributed by atoms with Crippen molar-refractivity contribution in [1.29, 1.82) is 0 Å². The molecule has 1 atom stereocenters. The van der Waals surface area contributed by atoms with Crippen LogP contribution in [-0.4, -0.2) is 23.0 Å². The molecule has 0 unspecified atom stereocenters. The van der Waals surface area contributed by atoms with E-state index < -0.39 is 23.7 Å². The maximum absolute atomic E-state index is 14.0. The molecule has 0 spiro atoms. The third kappa shape index (κ3) is 4.06. The molecule has 0 saturated heterocycles. The lowest BCUT2D eigenvalue weighted by Crippen LogP contribution is -2.44. The molecule has 0 aliphatic carbocycles. The zero-order valence-electron chi connectivity index (χ0n) is 13.7. The Labute approximate surface area is 130 Å². The second kappa shape index (κ2) is 6.90. The quantitative estimate of drug-likeness (QED) is 0.847. The number of hydrogen-bond donors (Lipinski definition) is 2. The van der Waals surface area contributed by atoms with Crippen molar-refractivity contribution in [2.75, 3.05) is 0 Å². The number of hydrogen-bond acceptors (Lipinski definition) is 2. The number of benzene rings is 1. The lowest BCUT2D eigenvalue weighted by atomic mass is 9.81. The highest BCUT2D eigenvalue weighted by Gasteiger charge is 2.26. The van der Waals surface area contributed by atoms with Gasteiger partial charge in [0.2, 0.25) is 0 Å². The zero-order chi connectivity index (χ0) is 17.1. The standard InChI is InChI=1S/C17H24FNO3/c1-6-17(4,5)11-7-8-13(18)12(9-11)15(20)19-14(10(2)3)16(21)22/h7-10,14H,6H2,1-5H3,(H,19,20)(H,21,22)/t14-/m1/s1. The topological polar surface area (TPSA) is 66.4 Å². The number of nitrogens with one attached hydrogen (secondary N) is 1. The summed E-state index contributed by atoms with van der Waals surface area (Å²) >= 11 is 0. The van der Waals surface area contributed by atoms with Crippen molar-refractivity contribution in [2.45, 2.75) is 52.5 Å². The average molecular weight is 309 g/mol. The normalized spacial score (nSPS) is 13.0.